The molecule has 0 radical (unpaired) electrons. The maximum atomic E-state index is 9.39. The van der Waals surface area contributed by atoms with Gasteiger partial charge in [-0.15, -0.1) is 0 Å². The topological polar surface area (TPSA) is 41.5 Å². The molecule has 0 atom stereocenters. The zero-order chi connectivity index (χ0) is 15.3. The molecule has 2 aromatic rings. The van der Waals surface area contributed by atoms with Crippen molar-refractivity contribution in [3.63, 3.8) is 0 Å². The van der Waals surface area contributed by atoms with Gasteiger partial charge in [0.2, 0.25) is 0 Å². The summed E-state index contributed by atoms with van der Waals surface area (Å²) < 4.78 is 5.77. The van der Waals surface area contributed by atoms with E-state index in [1.165, 1.54) is 10.8 Å². The molecule has 0 saturated heterocycles. The van der Waals surface area contributed by atoms with Gasteiger partial charge in [0.1, 0.15) is 12.4 Å². The second-order valence-corrected chi connectivity index (χ2v) is 5.76. The van der Waals surface area contributed by atoms with Gasteiger partial charge in [-0.2, -0.15) is 0 Å². The summed E-state index contributed by atoms with van der Waals surface area (Å²) in [6, 6.07) is 12.3. The molecule has 0 fully saturated rings. The molecule has 112 valence electrons. The Labute approximate surface area is 126 Å². The molecule has 0 aliphatic heterocycles. The molecule has 0 heterocycles. The first-order chi connectivity index (χ1) is 10.1. The quantitative estimate of drug-likeness (QED) is 0.767. The van der Waals surface area contributed by atoms with Crippen molar-refractivity contribution in [2.24, 2.45) is 0 Å². The fraction of sp³-hybridized carbons (Fsp3) is 0.333. The van der Waals surface area contributed by atoms with E-state index in [-0.39, 0.29) is 12.1 Å². The van der Waals surface area contributed by atoms with Gasteiger partial charge in [0.25, 0.3) is 0 Å². The molecule has 2 rings (SSSR count). The molecular weight excluding hydrogens is 262 g/mol. The van der Waals surface area contributed by atoms with Crippen molar-refractivity contribution >= 4 is 10.8 Å². The van der Waals surface area contributed by atoms with Crippen molar-refractivity contribution in [1.82, 2.24) is 5.32 Å². The van der Waals surface area contributed by atoms with E-state index in [1.807, 2.05) is 32.0 Å². The molecule has 21 heavy (non-hydrogen) atoms. The van der Waals surface area contributed by atoms with Crippen LogP contribution in [0, 0.1) is 0 Å². The van der Waals surface area contributed by atoms with E-state index in [0.717, 1.165) is 11.3 Å². The van der Waals surface area contributed by atoms with Crippen LogP contribution in [0.4, 0.5) is 0 Å². The summed E-state index contributed by atoms with van der Waals surface area (Å²) in [5.74, 6) is 0.856. The lowest BCUT2D eigenvalue weighted by Crippen LogP contribution is -2.42. The number of hydrogen-bond acceptors (Lipinski definition) is 3. The van der Waals surface area contributed by atoms with Crippen molar-refractivity contribution in [1.29, 1.82) is 0 Å². The van der Waals surface area contributed by atoms with Crippen molar-refractivity contribution in [3.8, 4) is 5.75 Å². The predicted molar refractivity (Wildman–Crippen MR) is 87.6 cm³/mol. The van der Waals surface area contributed by atoms with Crippen LogP contribution in [-0.2, 0) is 6.54 Å². The lowest BCUT2D eigenvalue weighted by molar-refractivity contribution is 0.187. The average molecular weight is 285 g/mol. The standard InChI is InChI=1S/C18H23NO2/c1-4-11-21-17-10-9-14-7-5-6-8-15(14)16(17)12-19-18(2,3)13-20/h4-10,19-20H,1,11-13H2,2-3H3. The van der Waals surface area contributed by atoms with Crippen LogP contribution < -0.4 is 10.1 Å². The minimum absolute atomic E-state index is 0.0839. The number of aliphatic hydroxyl groups excluding tert-OH is 1. The highest BCUT2D eigenvalue weighted by molar-refractivity contribution is 5.87. The van der Waals surface area contributed by atoms with Gasteiger partial charge in [-0.05, 0) is 30.7 Å². The molecule has 0 spiro atoms. The summed E-state index contributed by atoms with van der Waals surface area (Å²) in [4.78, 5) is 0. The fourth-order valence-corrected chi connectivity index (χ4v) is 2.17. The second kappa shape index (κ2) is 6.74. The second-order valence-electron chi connectivity index (χ2n) is 5.76. The highest BCUT2D eigenvalue weighted by Crippen LogP contribution is 2.28. The van der Waals surface area contributed by atoms with Crippen LogP contribution in [0.25, 0.3) is 10.8 Å². The van der Waals surface area contributed by atoms with Gasteiger partial charge in [-0.3, -0.25) is 0 Å². The zero-order valence-electron chi connectivity index (χ0n) is 12.7. The van der Waals surface area contributed by atoms with Crippen molar-refractivity contribution in [2.45, 2.75) is 25.9 Å². The van der Waals surface area contributed by atoms with Crippen LogP contribution in [0.2, 0.25) is 0 Å². The zero-order valence-corrected chi connectivity index (χ0v) is 12.7. The molecule has 0 aromatic heterocycles. The summed E-state index contributed by atoms with van der Waals surface area (Å²) in [6.45, 7) is 8.85. The monoisotopic (exact) mass is 285 g/mol. The van der Waals surface area contributed by atoms with E-state index in [4.69, 9.17) is 4.74 Å². The molecule has 2 N–H and O–H groups in total. The number of ether oxygens (including phenoxy) is 1. The lowest BCUT2D eigenvalue weighted by atomic mass is 10.0. The Kier molecular flexibility index (Phi) is 4.99. The predicted octanol–water partition coefficient (Wildman–Crippen LogP) is 3.27. The molecule has 0 saturated carbocycles. The van der Waals surface area contributed by atoms with Gasteiger partial charge in [0, 0.05) is 17.6 Å². The van der Waals surface area contributed by atoms with E-state index < -0.39 is 0 Å². The molecule has 2 aromatic carbocycles. The Bertz CT molecular complexity index is 620. The van der Waals surface area contributed by atoms with Crippen LogP contribution in [0.5, 0.6) is 5.75 Å². The van der Waals surface area contributed by atoms with Crippen molar-refractivity contribution in [2.75, 3.05) is 13.2 Å². The normalized spacial score (nSPS) is 11.6. The summed E-state index contributed by atoms with van der Waals surface area (Å²) in [5, 5.41) is 15.1. The summed E-state index contributed by atoms with van der Waals surface area (Å²) >= 11 is 0. The molecule has 0 unspecified atom stereocenters. The summed E-state index contributed by atoms with van der Waals surface area (Å²) in [6.07, 6.45) is 1.74. The Balaban J connectivity index is 2.38. The number of nitrogens with one attached hydrogen (secondary N) is 1. The first-order valence-corrected chi connectivity index (χ1v) is 7.17. The maximum Gasteiger partial charge on any atom is 0.124 e. The van der Waals surface area contributed by atoms with Crippen LogP contribution >= 0.6 is 0 Å². The minimum atomic E-state index is -0.327. The Morgan fingerprint density at radius 1 is 1.24 bits per heavy atom. The number of hydrogen-bond donors (Lipinski definition) is 2. The van der Waals surface area contributed by atoms with Crippen molar-refractivity contribution in [3.05, 3.63) is 54.6 Å². The Morgan fingerprint density at radius 2 is 2.00 bits per heavy atom. The van der Waals surface area contributed by atoms with Crippen molar-refractivity contribution < 1.29 is 9.84 Å². The largest absolute Gasteiger partial charge is 0.489 e. The van der Waals surface area contributed by atoms with E-state index in [0.29, 0.717) is 13.2 Å². The highest BCUT2D eigenvalue weighted by Gasteiger charge is 2.17. The number of benzene rings is 2. The molecular formula is C18H23NO2. The van der Waals surface area contributed by atoms with Gasteiger partial charge in [0.05, 0.1) is 6.61 Å². The molecule has 0 aliphatic rings. The van der Waals surface area contributed by atoms with E-state index in [9.17, 15) is 5.11 Å². The third-order valence-corrected chi connectivity index (χ3v) is 3.49. The van der Waals surface area contributed by atoms with E-state index in [1.54, 1.807) is 6.08 Å². The summed E-state index contributed by atoms with van der Waals surface area (Å²) in [5.41, 5.74) is 0.781. The Morgan fingerprint density at radius 3 is 2.71 bits per heavy atom. The SMILES string of the molecule is C=CCOc1ccc2ccccc2c1CNC(C)(C)CO. The minimum Gasteiger partial charge on any atom is -0.489 e. The van der Waals surface area contributed by atoms with Crippen LogP contribution in [0.3, 0.4) is 0 Å². The van der Waals surface area contributed by atoms with Crippen LogP contribution in [0.15, 0.2) is 49.1 Å². The molecule has 0 aliphatic carbocycles. The highest BCUT2D eigenvalue weighted by atomic mass is 16.5. The first-order valence-electron chi connectivity index (χ1n) is 7.17. The smallest absolute Gasteiger partial charge is 0.124 e. The lowest BCUT2D eigenvalue weighted by Gasteiger charge is -2.25. The number of aliphatic hydroxyl groups is 1. The number of rotatable bonds is 7. The molecule has 0 bridgehead atoms. The third-order valence-electron chi connectivity index (χ3n) is 3.49. The average Bonchev–Trinajstić information content (AvgIpc) is 2.51. The van der Waals surface area contributed by atoms with Crippen LogP contribution in [0.1, 0.15) is 19.4 Å². The van der Waals surface area contributed by atoms with Gasteiger partial charge in [-0.1, -0.05) is 43.0 Å². The molecule has 3 nitrogen and oxygen atoms in total. The maximum absolute atomic E-state index is 9.39. The summed E-state index contributed by atoms with van der Waals surface area (Å²) in [7, 11) is 0. The third kappa shape index (κ3) is 3.84. The van der Waals surface area contributed by atoms with E-state index >= 15 is 0 Å². The first kappa shape index (κ1) is 15.5. The Hall–Kier alpha value is -1.84. The van der Waals surface area contributed by atoms with Gasteiger partial charge >= 0.3 is 0 Å². The van der Waals surface area contributed by atoms with Gasteiger partial charge < -0.3 is 15.2 Å². The van der Waals surface area contributed by atoms with Crippen LogP contribution in [-0.4, -0.2) is 23.9 Å². The van der Waals surface area contributed by atoms with Gasteiger partial charge in [-0.25, -0.2) is 0 Å². The molecule has 3 heteroatoms. The fourth-order valence-electron chi connectivity index (χ4n) is 2.17. The molecule has 0 amide bonds. The van der Waals surface area contributed by atoms with Gasteiger partial charge in [0.15, 0.2) is 0 Å². The van der Waals surface area contributed by atoms with E-state index in [2.05, 4.69) is 30.1 Å². The number of fused-ring (bicyclic) bond motifs is 1.